The second-order valence-corrected chi connectivity index (χ2v) is 4.33. The molecule has 0 aromatic carbocycles. The maximum atomic E-state index is 12.0. The molecule has 1 amide bonds. The summed E-state index contributed by atoms with van der Waals surface area (Å²) in [6, 6.07) is 0. The number of H-pyrrole nitrogens is 1. The van der Waals surface area contributed by atoms with Crippen LogP contribution in [0.3, 0.4) is 0 Å². The topological polar surface area (TPSA) is 95.5 Å². The van der Waals surface area contributed by atoms with Crippen molar-refractivity contribution in [1.29, 1.82) is 0 Å². The van der Waals surface area contributed by atoms with E-state index in [4.69, 9.17) is 9.84 Å². The zero-order valence-corrected chi connectivity index (χ0v) is 10.00. The van der Waals surface area contributed by atoms with E-state index >= 15 is 0 Å². The van der Waals surface area contributed by atoms with Crippen molar-refractivity contribution >= 4 is 11.9 Å². The van der Waals surface area contributed by atoms with Gasteiger partial charge in [0, 0.05) is 25.4 Å². The number of ether oxygens (including phenoxy) is 1. The molecule has 0 radical (unpaired) electrons. The van der Waals surface area contributed by atoms with Crippen LogP contribution in [0.5, 0.6) is 0 Å². The minimum absolute atomic E-state index is 0.194. The third-order valence-corrected chi connectivity index (χ3v) is 2.92. The van der Waals surface area contributed by atoms with Gasteiger partial charge in [0.1, 0.15) is 6.10 Å². The van der Waals surface area contributed by atoms with Crippen LogP contribution in [-0.2, 0) is 20.9 Å². The largest absolute Gasteiger partial charge is 0.479 e. The number of nitrogens with zero attached hydrogens (tertiary/aromatic N) is 2. The predicted molar refractivity (Wildman–Crippen MR) is 60.6 cm³/mol. The van der Waals surface area contributed by atoms with E-state index in [-0.39, 0.29) is 5.91 Å². The summed E-state index contributed by atoms with van der Waals surface area (Å²) >= 11 is 0. The highest BCUT2D eigenvalue weighted by Crippen LogP contribution is 2.21. The van der Waals surface area contributed by atoms with Crippen LogP contribution in [0.2, 0.25) is 0 Å². The molecule has 0 saturated carbocycles. The number of carboxylic acids is 1. The molecule has 1 fully saturated rings. The Kier molecular flexibility index (Phi) is 3.61. The number of hydrogen-bond donors (Lipinski definition) is 2. The smallest absolute Gasteiger partial charge is 0.332 e. The Labute approximate surface area is 104 Å². The normalized spacial score (nSPS) is 22.9. The molecule has 98 valence electrons. The van der Waals surface area contributed by atoms with Crippen LogP contribution < -0.4 is 0 Å². The second kappa shape index (κ2) is 5.18. The summed E-state index contributed by atoms with van der Waals surface area (Å²) in [5, 5.41) is 15.3. The lowest BCUT2D eigenvalue weighted by molar-refractivity contribution is -0.154. The molecule has 7 nitrogen and oxygen atoms in total. The van der Waals surface area contributed by atoms with Crippen molar-refractivity contribution in [2.45, 2.75) is 31.6 Å². The Morgan fingerprint density at radius 2 is 2.28 bits per heavy atom. The molecular formula is C11H15N3O4. The molecule has 2 N–H and O–H groups in total. The van der Waals surface area contributed by atoms with Crippen molar-refractivity contribution in [1.82, 2.24) is 15.1 Å². The van der Waals surface area contributed by atoms with Crippen molar-refractivity contribution in [3.8, 4) is 0 Å². The summed E-state index contributed by atoms with van der Waals surface area (Å²) in [6.45, 7) is 0.424. The number of amides is 1. The van der Waals surface area contributed by atoms with Crippen LogP contribution in [0.25, 0.3) is 0 Å². The Balaban J connectivity index is 1.90. The number of aliphatic carboxylic acids is 1. The van der Waals surface area contributed by atoms with E-state index in [1.54, 1.807) is 19.4 Å². The first kappa shape index (κ1) is 12.6. The number of aromatic nitrogens is 2. The average molecular weight is 253 g/mol. The number of carbonyl (C=O) groups excluding carboxylic acids is 1. The Bertz CT molecular complexity index is 432. The van der Waals surface area contributed by atoms with Gasteiger partial charge in [-0.15, -0.1) is 0 Å². The van der Waals surface area contributed by atoms with Gasteiger partial charge >= 0.3 is 5.97 Å². The summed E-state index contributed by atoms with van der Waals surface area (Å²) in [5.41, 5.74) is 0.888. The summed E-state index contributed by atoms with van der Waals surface area (Å²) in [7, 11) is 1.66. The molecule has 1 aliphatic rings. The third-order valence-electron chi connectivity index (χ3n) is 2.92. The molecule has 1 aliphatic heterocycles. The number of likely N-dealkylation sites (N-methyl/N-ethyl adjacent to an activating group) is 1. The van der Waals surface area contributed by atoms with Crippen LogP contribution in [-0.4, -0.2) is 51.3 Å². The van der Waals surface area contributed by atoms with Gasteiger partial charge in [0.2, 0.25) is 0 Å². The van der Waals surface area contributed by atoms with Gasteiger partial charge in [-0.2, -0.15) is 5.10 Å². The van der Waals surface area contributed by atoms with Crippen molar-refractivity contribution in [3.63, 3.8) is 0 Å². The zero-order valence-electron chi connectivity index (χ0n) is 10.00. The Hall–Kier alpha value is -1.89. The molecule has 18 heavy (non-hydrogen) atoms. The van der Waals surface area contributed by atoms with E-state index in [0.717, 1.165) is 5.56 Å². The first-order valence-corrected chi connectivity index (χ1v) is 5.69. The lowest BCUT2D eigenvalue weighted by Crippen LogP contribution is -2.36. The molecule has 1 aromatic heterocycles. The van der Waals surface area contributed by atoms with Crippen molar-refractivity contribution < 1.29 is 19.4 Å². The van der Waals surface area contributed by atoms with Gasteiger partial charge in [0.25, 0.3) is 5.91 Å². The predicted octanol–water partition coefficient (Wildman–Crippen LogP) is 0.000300. The van der Waals surface area contributed by atoms with Gasteiger partial charge in [0.15, 0.2) is 6.10 Å². The van der Waals surface area contributed by atoms with E-state index in [1.165, 1.54) is 4.90 Å². The molecule has 2 rings (SSSR count). The molecule has 2 heterocycles. The lowest BCUT2D eigenvalue weighted by atomic mass is 10.2. The highest BCUT2D eigenvalue weighted by Gasteiger charge is 2.35. The number of nitrogens with one attached hydrogen (secondary N) is 1. The fourth-order valence-corrected chi connectivity index (χ4v) is 1.96. The first-order valence-electron chi connectivity index (χ1n) is 5.69. The van der Waals surface area contributed by atoms with Crippen molar-refractivity contribution in [2.75, 3.05) is 7.05 Å². The quantitative estimate of drug-likeness (QED) is 0.787. The maximum absolute atomic E-state index is 12.0. The average Bonchev–Trinajstić information content (AvgIpc) is 2.98. The highest BCUT2D eigenvalue weighted by atomic mass is 16.5. The van der Waals surface area contributed by atoms with E-state index < -0.39 is 18.2 Å². The highest BCUT2D eigenvalue weighted by molar-refractivity contribution is 5.82. The number of carboxylic acid groups (broad SMARTS) is 1. The van der Waals surface area contributed by atoms with Crippen LogP contribution in [0.4, 0.5) is 0 Å². The summed E-state index contributed by atoms with van der Waals surface area (Å²) in [5.74, 6) is -1.21. The van der Waals surface area contributed by atoms with Gasteiger partial charge < -0.3 is 14.7 Å². The summed E-state index contributed by atoms with van der Waals surface area (Å²) in [6.07, 6.45) is 2.67. The van der Waals surface area contributed by atoms with Gasteiger partial charge in [0.05, 0.1) is 6.20 Å². The molecule has 0 bridgehead atoms. The SMILES string of the molecule is CN(Cc1cn[nH]c1)C(=O)[C@@H]1CC[C@H](C(=O)O)O1. The first-order chi connectivity index (χ1) is 8.58. The molecular weight excluding hydrogens is 238 g/mol. The van der Waals surface area contributed by atoms with Crippen molar-refractivity contribution in [3.05, 3.63) is 18.0 Å². The molecule has 1 aromatic rings. The summed E-state index contributed by atoms with van der Waals surface area (Å²) < 4.78 is 5.21. The zero-order chi connectivity index (χ0) is 13.1. The molecule has 0 unspecified atom stereocenters. The Morgan fingerprint density at radius 1 is 1.56 bits per heavy atom. The van der Waals surface area contributed by atoms with Crippen LogP contribution >= 0.6 is 0 Å². The van der Waals surface area contributed by atoms with E-state index in [1.807, 2.05) is 0 Å². The molecule has 7 heteroatoms. The van der Waals surface area contributed by atoms with Gasteiger partial charge in [-0.3, -0.25) is 9.89 Å². The van der Waals surface area contributed by atoms with E-state index in [9.17, 15) is 9.59 Å². The van der Waals surface area contributed by atoms with Crippen LogP contribution in [0.1, 0.15) is 18.4 Å². The van der Waals surface area contributed by atoms with E-state index in [2.05, 4.69) is 10.2 Å². The van der Waals surface area contributed by atoms with Gasteiger partial charge in [-0.05, 0) is 12.8 Å². The number of carbonyl (C=O) groups is 2. The van der Waals surface area contributed by atoms with E-state index in [0.29, 0.717) is 19.4 Å². The molecule has 2 atom stereocenters. The number of rotatable bonds is 4. The fraction of sp³-hybridized carbons (Fsp3) is 0.545. The Morgan fingerprint density at radius 3 is 2.83 bits per heavy atom. The van der Waals surface area contributed by atoms with Gasteiger partial charge in [-0.1, -0.05) is 0 Å². The fourth-order valence-electron chi connectivity index (χ4n) is 1.96. The molecule has 0 spiro atoms. The molecule has 0 aliphatic carbocycles. The standard InChI is InChI=1S/C11H15N3O4/c1-14(6-7-4-12-13-5-7)10(15)8-2-3-9(18-8)11(16)17/h4-5,8-9H,2-3,6H2,1H3,(H,12,13)(H,16,17)/t8-,9+/m0/s1. The number of hydrogen-bond acceptors (Lipinski definition) is 4. The maximum Gasteiger partial charge on any atom is 0.332 e. The van der Waals surface area contributed by atoms with Crippen LogP contribution in [0.15, 0.2) is 12.4 Å². The minimum atomic E-state index is -1.01. The van der Waals surface area contributed by atoms with Crippen molar-refractivity contribution in [2.24, 2.45) is 0 Å². The third kappa shape index (κ3) is 2.67. The van der Waals surface area contributed by atoms with Crippen LogP contribution in [0, 0.1) is 0 Å². The second-order valence-electron chi connectivity index (χ2n) is 4.33. The van der Waals surface area contributed by atoms with Gasteiger partial charge in [-0.25, -0.2) is 4.79 Å². The number of aromatic amines is 1. The lowest BCUT2D eigenvalue weighted by Gasteiger charge is -2.20. The summed E-state index contributed by atoms with van der Waals surface area (Å²) in [4.78, 5) is 24.3. The monoisotopic (exact) mass is 253 g/mol. The molecule has 1 saturated heterocycles. The minimum Gasteiger partial charge on any atom is -0.479 e.